The number of benzene rings is 1. The van der Waals surface area contributed by atoms with E-state index in [1.165, 1.54) is 48.1 Å². The maximum absolute atomic E-state index is 5.93. The van der Waals surface area contributed by atoms with Crippen LogP contribution in [0.15, 0.2) is 36.7 Å². The van der Waals surface area contributed by atoms with Crippen molar-refractivity contribution < 1.29 is 4.74 Å². The first-order valence-electron chi connectivity index (χ1n) is 11.0. The molecule has 1 aromatic carbocycles. The third-order valence-corrected chi connectivity index (χ3v) is 7.35. The Bertz CT molecular complexity index is 1010. The number of rotatable bonds is 5. The van der Waals surface area contributed by atoms with E-state index in [0.717, 1.165) is 25.3 Å². The third kappa shape index (κ3) is 3.28. The Hall–Kier alpha value is -2.18. The number of fused-ring (bicyclic) bond motifs is 2. The van der Waals surface area contributed by atoms with Crippen LogP contribution in [0.3, 0.4) is 0 Å². The van der Waals surface area contributed by atoms with Gasteiger partial charge in [-0.15, -0.1) is 5.10 Å². The summed E-state index contributed by atoms with van der Waals surface area (Å²) >= 11 is 0. The highest BCUT2D eigenvalue weighted by atomic mass is 16.5. The molecule has 0 bridgehead atoms. The summed E-state index contributed by atoms with van der Waals surface area (Å²) in [5.74, 6) is 2.09. The maximum Gasteiger partial charge on any atom is 0.0858 e. The molecular weight excluding hydrogens is 362 g/mol. The molecule has 29 heavy (non-hydrogen) atoms. The molecule has 4 atom stereocenters. The average molecular weight is 392 g/mol. The molecule has 2 aromatic heterocycles. The molecule has 0 radical (unpaired) electrons. The van der Waals surface area contributed by atoms with Gasteiger partial charge in [-0.2, -0.15) is 0 Å². The van der Waals surface area contributed by atoms with Gasteiger partial charge in [-0.3, -0.25) is 4.90 Å². The molecule has 1 aliphatic heterocycles. The van der Waals surface area contributed by atoms with E-state index in [1.54, 1.807) is 0 Å². The normalized spacial score (nSPS) is 30.1. The Labute approximate surface area is 171 Å². The molecule has 2 aliphatic carbocycles. The molecular formula is C23H29N5O. The molecule has 3 aromatic rings. The van der Waals surface area contributed by atoms with Crippen molar-refractivity contribution in [1.82, 2.24) is 24.9 Å². The molecule has 152 valence electrons. The van der Waals surface area contributed by atoms with Gasteiger partial charge in [0.05, 0.1) is 17.8 Å². The van der Waals surface area contributed by atoms with Gasteiger partial charge >= 0.3 is 0 Å². The minimum Gasteiger partial charge on any atom is -0.379 e. The zero-order valence-electron chi connectivity index (χ0n) is 17.0. The van der Waals surface area contributed by atoms with Crippen LogP contribution < -0.4 is 0 Å². The Kier molecular flexibility index (Phi) is 4.24. The number of H-pyrrole nitrogens is 1. The van der Waals surface area contributed by atoms with E-state index in [2.05, 4.69) is 55.3 Å². The third-order valence-electron chi connectivity index (χ3n) is 7.35. The summed E-state index contributed by atoms with van der Waals surface area (Å²) in [6.07, 6.45) is 9.24. The van der Waals surface area contributed by atoms with E-state index in [-0.39, 0.29) is 6.10 Å². The van der Waals surface area contributed by atoms with E-state index in [9.17, 15) is 0 Å². The molecule has 1 N–H and O–H groups in total. The van der Waals surface area contributed by atoms with Crippen molar-refractivity contribution in [2.75, 3.05) is 20.2 Å². The van der Waals surface area contributed by atoms with Gasteiger partial charge in [0.1, 0.15) is 0 Å². The lowest BCUT2D eigenvalue weighted by Crippen LogP contribution is -2.37. The van der Waals surface area contributed by atoms with Gasteiger partial charge in [0.25, 0.3) is 0 Å². The Morgan fingerprint density at radius 3 is 2.83 bits per heavy atom. The van der Waals surface area contributed by atoms with E-state index in [0.29, 0.717) is 17.9 Å². The first-order valence-corrected chi connectivity index (χ1v) is 11.0. The fourth-order valence-corrected chi connectivity index (χ4v) is 5.62. The molecule has 3 aliphatic rings. The second kappa shape index (κ2) is 6.96. The zero-order chi connectivity index (χ0) is 19.4. The molecule has 2 saturated carbocycles. The van der Waals surface area contributed by atoms with Crippen molar-refractivity contribution in [3.05, 3.63) is 47.9 Å². The fraction of sp³-hybridized carbons (Fsp3) is 0.565. The summed E-state index contributed by atoms with van der Waals surface area (Å²) < 4.78 is 8.04. The van der Waals surface area contributed by atoms with Gasteiger partial charge in [0.2, 0.25) is 0 Å². The van der Waals surface area contributed by atoms with Crippen LogP contribution >= 0.6 is 0 Å². The highest BCUT2D eigenvalue weighted by Crippen LogP contribution is 2.44. The summed E-state index contributed by atoms with van der Waals surface area (Å²) in [4.78, 5) is 5.97. The van der Waals surface area contributed by atoms with E-state index < -0.39 is 0 Å². The average Bonchev–Trinajstić information content (AvgIpc) is 3.14. The highest BCUT2D eigenvalue weighted by molar-refractivity contribution is 5.79. The molecule has 0 spiro atoms. The number of ether oxygens (including phenoxy) is 1. The topological polar surface area (TPSA) is 59.0 Å². The van der Waals surface area contributed by atoms with Gasteiger partial charge in [-0.1, -0.05) is 17.3 Å². The lowest BCUT2D eigenvalue weighted by atomic mass is 9.77. The van der Waals surface area contributed by atoms with Gasteiger partial charge in [0, 0.05) is 50.6 Å². The number of hydrogen-bond donors (Lipinski definition) is 1. The fourth-order valence-electron chi connectivity index (χ4n) is 5.62. The second-order valence-corrected chi connectivity index (χ2v) is 9.32. The minimum atomic E-state index is 0.236. The summed E-state index contributed by atoms with van der Waals surface area (Å²) in [5, 5.41) is 10.2. The highest BCUT2D eigenvalue weighted by Gasteiger charge is 2.43. The van der Waals surface area contributed by atoms with Crippen molar-refractivity contribution in [2.24, 2.45) is 11.8 Å². The minimum absolute atomic E-state index is 0.236. The maximum atomic E-state index is 5.93. The SMILES string of the molecule is CO[C@@H]1C[C@H]2CN(Cc3ccc4cc[nH]c4c3)C[C@H]2C[C@H]1n1cc(C2CC2)nn1. The standard InChI is InChI=1S/C23H29N5O/c1-29-23-10-19-13-27(11-15-2-3-17-6-7-24-20(17)8-15)12-18(19)9-22(23)28-14-21(25-26-28)16-4-5-16/h2-3,6-8,14,16,18-19,22-24H,4-5,9-13H2,1H3/t18-,19+,22-,23-/m1/s1. The van der Waals surface area contributed by atoms with Crippen molar-refractivity contribution in [3.8, 4) is 0 Å². The monoisotopic (exact) mass is 391 g/mol. The first kappa shape index (κ1) is 17.7. The van der Waals surface area contributed by atoms with Gasteiger partial charge < -0.3 is 9.72 Å². The van der Waals surface area contributed by atoms with Crippen molar-refractivity contribution >= 4 is 10.9 Å². The Balaban J connectivity index is 1.16. The van der Waals surface area contributed by atoms with Crippen LogP contribution in [0.5, 0.6) is 0 Å². The van der Waals surface area contributed by atoms with Crippen molar-refractivity contribution in [3.63, 3.8) is 0 Å². The lowest BCUT2D eigenvalue weighted by molar-refractivity contribution is -0.00546. The predicted molar refractivity (Wildman–Crippen MR) is 112 cm³/mol. The number of aromatic nitrogens is 4. The summed E-state index contributed by atoms with van der Waals surface area (Å²) in [5.41, 5.74) is 3.80. The first-order chi connectivity index (χ1) is 14.3. The number of nitrogens with one attached hydrogen (secondary N) is 1. The molecule has 6 nitrogen and oxygen atoms in total. The molecule has 0 unspecified atom stereocenters. The number of likely N-dealkylation sites (tertiary alicyclic amines) is 1. The van der Waals surface area contributed by atoms with Crippen LogP contribution in [0.4, 0.5) is 0 Å². The number of nitrogens with zero attached hydrogens (tertiary/aromatic N) is 4. The van der Waals surface area contributed by atoms with Crippen LogP contribution in [0, 0.1) is 11.8 Å². The van der Waals surface area contributed by atoms with Gasteiger partial charge in [0.15, 0.2) is 0 Å². The van der Waals surface area contributed by atoms with Gasteiger partial charge in [-0.05, 0) is 60.6 Å². The molecule has 0 amide bonds. The number of hydrogen-bond acceptors (Lipinski definition) is 4. The lowest BCUT2D eigenvalue weighted by Gasteiger charge is -2.37. The van der Waals surface area contributed by atoms with Crippen LogP contribution in [0.2, 0.25) is 0 Å². The van der Waals surface area contributed by atoms with Crippen molar-refractivity contribution in [2.45, 2.75) is 50.3 Å². The largest absolute Gasteiger partial charge is 0.379 e. The van der Waals surface area contributed by atoms with E-state index >= 15 is 0 Å². The van der Waals surface area contributed by atoms with E-state index in [4.69, 9.17) is 4.74 Å². The summed E-state index contributed by atoms with van der Waals surface area (Å²) in [7, 11) is 1.86. The van der Waals surface area contributed by atoms with Crippen LogP contribution in [0.25, 0.3) is 10.9 Å². The number of methoxy groups -OCH3 is 1. The predicted octanol–water partition coefficient (Wildman–Crippen LogP) is 3.73. The second-order valence-electron chi connectivity index (χ2n) is 9.32. The Morgan fingerprint density at radius 2 is 2.00 bits per heavy atom. The molecule has 1 saturated heterocycles. The zero-order valence-corrected chi connectivity index (χ0v) is 17.0. The van der Waals surface area contributed by atoms with Gasteiger partial charge in [-0.25, -0.2) is 4.68 Å². The molecule has 6 heteroatoms. The quantitative estimate of drug-likeness (QED) is 0.720. The molecule has 3 heterocycles. The van der Waals surface area contributed by atoms with Crippen molar-refractivity contribution in [1.29, 1.82) is 0 Å². The Morgan fingerprint density at radius 1 is 1.14 bits per heavy atom. The van der Waals surface area contributed by atoms with Crippen LogP contribution in [-0.4, -0.2) is 51.2 Å². The van der Waals surface area contributed by atoms with Crippen LogP contribution in [0.1, 0.15) is 48.9 Å². The van der Waals surface area contributed by atoms with E-state index in [1.807, 2.05) is 13.3 Å². The number of aromatic amines is 1. The molecule has 3 fully saturated rings. The molecule has 6 rings (SSSR count). The summed E-state index contributed by atoms with van der Waals surface area (Å²) in [6.45, 7) is 3.37. The summed E-state index contributed by atoms with van der Waals surface area (Å²) in [6, 6.07) is 9.24. The van der Waals surface area contributed by atoms with Crippen LogP contribution in [-0.2, 0) is 11.3 Å². The smallest absolute Gasteiger partial charge is 0.0858 e.